The van der Waals surface area contributed by atoms with Crippen LogP contribution < -0.4 is 0 Å². The number of aliphatic hydroxyl groups excluding tert-OH is 1. The molecule has 0 aliphatic carbocycles. The van der Waals surface area contributed by atoms with E-state index >= 15 is 0 Å². The van der Waals surface area contributed by atoms with Gasteiger partial charge in [-0.25, -0.2) is 4.98 Å². The average Bonchev–Trinajstić information content (AvgIpc) is 2.76. The summed E-state index contributed by atoms with van der Waals surface area (Å²) in [6, 6.07) is 0. The molecule has 0 radical (unpaired) electrons. The molecule has 1 heterocycles. The zero-order valence-electron chi connectivity index (χ0n) is 9.47. The Bertz CT molecular complexity index is 236. The molecule has 0 saturated carbocycles. The Morgan fingerprint density at radius 3 is 2.73 bits per heavy atom. The van der Waals surface area contributed by atoms with E-state index in [-0.39, 0.29) is 6.61 Å². The van der Waals surface area contributed by atoms with E-state index in [9.17, 15) is 0 Å². The first-order valence-corrected chi connectivity index (χ1v) is 5.65. The predicted octanol–water partition coefficient (Wildman–Crippen LogP) is 0.977. The van der Waals surface area contributed by atoms with Gasteiger partial charge in [-0.05, 0) is 25.9 Å². The molecule has 0 saturated heterocycles. The van der Waals surface area contributed by atoms with Crippen molar-refractivity contribution in [3.8, 4) is 0 Å². The highest BCUT2D eigenvalue weighted by atomic mass is 16.3. The third-order valence-corrected chi connectivity index (χ3v) is 2.53. The molecule has 1 aromatic heterocycles. The summed E-state index contributed by atoms with van der Waals surface area (Å²) in [4.78, 5) is 6.37. The van der Waals surface area contributed by atoms with Gasteiger partial charge in [0.2, 0.25) is 0 Å². The Balaban J connectivity index is 2.11. The number of aryl methyl sites for hydroxylation is 1. The van der Waals surface area contributed by atoms with Crippen LogP contribution in [-0.2, 0) is 6.54 Å². The number of aliphatic hydroxyl groups is 1. The van der Waals surface area contributed by atoms with Crippen molar-refractivity contribution in [3.63, 3.8) is 0 Å². The van der Waals surface area contributed by atoms with E-state index in [2.05, 4.69) is 21.4 Å². The van der Waals surface area contributed by atoms with Crippen LogP contribution in [0.15, 0.2) is 18.7 Å². The van der Waals surface area contributed by atoms with Crippen LogP contribution in [0.2, 0.25) is 0 Å². The molecular formula is C11H21N3O. The molecule has 1 N–H and O–H groups in total. The first-order valence-electron chi connectivity index (χ1n) is 5.65. The highest BCUT2D eigenvalue weighted by Crippen LogP contribution is 1.96. The van der Waals surface area contributed by atoms with Crippen molar-refractivity contribution in [2.24, 2.45) is 0 Å². The van der Waals surface area contributed by atoms with Gasteiger partial charge in [0.15, 0.2) is 0 Å². The maximum absolute atomic E-state index is 8.75. The van der Waals surface area contributed by atoms with Crippen LogP contribution in [0.3, 0.4) is 0 Å². The van der Waals surface area contributed by atoms with Crippen molar-refractivity contribution in [3.05, 3.63) is 18.7 Å². The van der Waals surface area contributed by atoms with E-state index in [1.807, 2.05) is 18.7 Å². The van der Waals surface area contributed by atoms with Crippen molar-refractivity contribution in [1.82, 2.24) is 14.5 Å². The van der Waals surface area contributed by atoms with Gasteiger partial charge in [0, 0.05) is 32.1 Å². The molecule has 0 unspecified atom stereocenters. The molecule has 0 amide bonds. The lowest BCUT2D eigenvalue weighted by Gasteiger charge is -2.19. The maximum Gasteiger partial charge on any atom is 0.0945 e. The van der Waals surface area contributed by atoms with Crippen LogP contribution in [0, 0.1) is 0 Å². The van der Waals surface area contributed by atoms with Crippen molar-refractivity contribution in [2.75, 3.05) is 26.2 Å². The van der Waals surface area contributed by atoms with Crippen LogP contribution in [0.5, 0.6) is 0 Å². The van der Waals surface area contributed by atoms with Crippen molar-refractivity contribution in [2.45, 2.75) is 26.3 Å². The van der Waals surface area contributed by atoms with E-state index in [0.29, 0.717) is 0 Å². The van der Waals surface area contributed by atoms with E-state index < -0.39 is 0 Å². The zero-order chi connectivity index (χ0) is 10.9. The normalized spacial score (nSPS) is 11.1. The molecule has 4 heteroatoms. The third kappa shape index (κ3) is 4.95. The Kier molecular flexibility index (Phi) is 6.04. The minimum absolute atomic E-state index is 0.290. The summed E-state index contributed by atoms with van der Waals surface area (Å²) in [5.41, 5.74) is 0. The average molecular weight is 211 g/mol. The Morgan fingerprint density at radius 1 is 1.33 bits per heavy atom. The minimum Gasteiger partial charge on any atom is -0.396 e. The Hall–Kier alpha value is -0.870. The largest absolute Gasteiger partial charge is 0.396 e. The second-order valence-electron chi connectivity index (χ2n) is 3.67. The summed E-state index contributed by atoms with van der Waals surface area (Å²) in [6.45, 7) is 6.62. The second-order valence-corrected chi connectivity index (χ2v) is 3.67. The molecule has 0 spiro atoms. The fourth-order valence-corrected chi connectivity index (χ4v) is 1.62. The molecule has 0 aliphatic heterocycles. The number of imidazole rings is 1. The summed E-state index contributed by atoms with van der Waals surface area (Å²) in [7, 11) is 0. The standard InChI is InChI=1S/C11H21N3O/c1-2-13(8-4-10-15)6-3-7-14-9-5-12-11-14/h5,9,11,15H,2-4,6-8,10H2,1H3. The van der Waals surface area contributed by atoms with Gasteiger partial charge in [0.05, 0.1) is 6.33 Å². The summed E-state index contributed by atoms with van der Waals surface area (Å²) >= 11 is 0. The number of nitrogens with zero attached hydrogens (tertiary/aromatic N) is 3. The summed E-state index contributed by atoms with van der Waals surface area (Å²) < 4.78 is 2.10. The first-order chi connectivity index (χ1) is 7.36. The van der Waals surface area contributed by atoms with Crippen LogP contribution in [-0.4, -0.2) is 45.8 Å². The van der Waals surface area contributed by atoms with Crippen LogP contribution in [0.25, 0.3) is 0 Å². The highest BCUT2D eigenvalue weighted by molar-refractivity contribution is 4.73. The van der Waals surface area contributed by atoms with Gasteiger partial charge < -0.3 is 14.6 Å². The second kappa shape index (κ2) is 7.43. The molecule has 1 aromatic rings. The highest BCUT2D eigenvalue weighted by Gasteiger charge is 2.01. The van der Waals surface area contributed by atoms with E-state index in [1.165, 1.54) is 0 Å². The third-order valence-electron chi connectivity index (χ3n) is 2.53. The lowest BCUT2D eigenvalue weighted by molar-refractivity contribution is 0.226. The predicted molar refractivity (Wildman–Crippen MR) is 60.7 cm³/mol. The lowest BCUT2D eigenvalue weighted by atomic mass is 10.3. The topological polar surface area (TPSA) is 41.3 Å². The summed E-state index contributed by atoms with van der Waals surface area (Å²) in [5.74, 6) is 0. The Morgan fingerprint density at radius 2 is 2.13 bits per heavy atom. The molecule has 0 aliphatic rings. The van der Waals surface area contributed by atoms with Crippen molar-refractivity contribution >= 4 is 0 Å². The molecule has 1 rings (SSSR count). The van der Waals surface area contributed by atoms with Crippen molar-refractivity contribution in [1.29, 1.82) is 0 Å². The maximum atomic E-state index is 8.75. The van der Waals surface area contributed by atoms with Gasteiger partial charge >= 0.3 is 0 Å². The molecule has 4 nitrogen and oxygen atoms in total. The number of hydrogen-bond donors (Lipinski definition) is 1. The molecule has 86 valence electrons. The van der Waals surface area contributed by atoms with Gasteiger partial charge in [-0.3, -0.25) is 0 Å². The van der Waals surface area contributed by atoms with Gasteiger partial charge in [-0.15, -0.1) is 0 Å². The molecule has 0 aromatic carbocycles. The zero-order valence-corrected chi connectivity index (χ0v) is 9.47. The van der Waals surface area contributed by atoms with E-state index in [1.54, 1.807) is 0 Å². The molecule has 0 fully saturated rings. The number of hydrogen-bond acceptors (Lipinski definition) is 3. The van der Waals surface area contributed by atoms with Gasteiger partial charge in [-0.2, -0.15) is 0 Å². The SMILES string of the molecule is CCN(CCCO)CCCn1ccnc1. The quantitative estimate of drug-likeness (QED) is 0.697. The summed E-state index contributed by atoms with van der Waals surface area (Å²) in [5, 5.41) is 8.75. The number of rotatable bonds is 8. The first kappa shape index (κ1) is 12.2. The molecular weight excluding hydrogens is 190 g/mol. The van der Waals surface area contributed by atoms with Crippen molar-refractivity contribution < 1.29 is 5.11 Å². The summed E-state index contributed by atoms with van der Waals surface area (Å²) in [6.07, 6.45) is 7.66. The van der Waals surface area contributed by atoms with Gasteiger partial charge in [0.1, 0.15) is 0 Å². The van der Waals surface area contributed by atoms with Crippen LogP contribution >= 0.6 is 0 Å². The van der Waals surface area contributed by atoms with Crippen LogP contribution in [0.4, 0.5) is 0 Å². The van der Waals surface area contributed by atoms with Crippen LogP contribution in [0.1, 0.15) is 19.8 Å². The van der Waals surface area contributed by atoms with Gasteiger partial charge in [-0.1, -0.05) is 6.92 Å². The van der Waals surface area contributed by atoms with E-state index in [4.69, 9.17) is 5.11 Å². The number of aromatic nitrogens is 2. The fraction of sp³-hybridized carbons (Fsp3) is 0.727. The molecule has 0 atom stereocenters. The van der Waals surface area contributed by atoms with Gasteiger partial charge in [0.25, 0.3) is 0 Å². The Labute approximate surface area is 91.5 Å². The van der Waals surface area contributed by atoms with E-state index in [0.717, 1.165) is 39.0 Å². The monoisotopic (exact) mass is 211 g/mol. The molecule has 0 bridgehead atoms. The fourth-order valence-electron chi connectivity index (χ4n) is 1.62. The lowest BCUT2D eigenvalue weighted by Crippen LogP contribution is -2.27. The smallest absolute Gasteiger partial charge is 0.0945 e. The minimum atomic E-state index is 0.290. The molecule has 15 heavy (non-hydrogen) atoms.